The molecule has 2 aromatic heterocycles. The number of rotatable bonds is 6. The van der Waals surface area contributed by atoms with Gasteiger partial charge in [0.25, 0.3) is 0 Å². The summed E-state index contributed by atoms with van der Waals surface area (Å²) in [5, 5.41) is 7.55. The zero-order valence-corrected chi connectivity index (χ0v) is 23.3. The van der Waals surface area contributed by atoms with Gasteiger partial charge in [-0.1, -0.05) is 90.5 Å². The number of para-hydroxylation sites is 2. The molecule has 0 saturated carbocycles. The fourth-order valence-electron chi connectivity index (χ4n) is 5.10. The van der Waals surface area contributed by atoms with Gasteiger partial charge in [0.2, 0.25) is 0 Å². The lowest BCUT2D eigenvalue weighted by Crippen LogP contribution is -2.14. The van der Waals surface area contributed by atoms with Gasteiger partial charge < -0.3 is 9.80 Å². The molecule has 2 heterocycles. The van der Waals surface area contributed by atoms with Crippen molar-refractivity contribution in [2.24, 2.45) is 0 Å². The van der Waals surface area contributed by atoms with Crippen molar-refractivity contribution >= 4 is 88.6 Å². The fourth-order valence-corrected chi connectivity index (χ4v) is 7.25. The Morgan fingerprint density at radius 1 is 0.410 bits per heavy atom. The van der Waals surface area contributed by atoms with Gasteiger partial charge in [-0.3, -0.25) is 0 Å². The van der Waals surface area contributed by atoms with Crippen LogP contribution in [0.15, 0.2) is 138 Å². The molecule has 188 valence electrons. The highest BCUT2D eigenvalue weighted by atomic mass is 35.5. The molecule has 0 radical (unpaired) electrons. The van der Waals surface area contributed by atoms with Gasteiger partial charge in [-0.05, 0) is 48.5 Å². The Hall–Kier alpha value is -4.09. The Morgan fingerprint density at radius 3 is 1.28 bits per heavy atom. The standard InChI is InChI=1S/C34H23ClN2S2/c35-34-28(36(24-12-3-1-4-13-24)30-22-38-32-20-9-7-16-26(30)32)18-11-19-29(34)37(25-14-5-2-6-15-25)31-23-39-33-21-10-8-17-27(31)33/h1-23H. The maximum atomic E-state index is 7.46. The van der Waals surface area contributed by atoms with Crippen LogP contribution < -0.4 is 9.80 Å². The van der Waals surface area contributed by atoms with E-state index in [4.69, 9.17) is 11.6 Å². The van der Waals surface area contributed by atoms with Crippen LogP contribution in [-0.4, -0.2) is 0 Å². The molecule has 0 aliphatic heterocycles. The van der Waals surface area contributed by atoms with Crippen molar-refractivity contribution in [2.75, 3.05) is 9.80 Å². The molecule has 0 N–H and O–H groups in total. The van der Waals surface area contributed by atoms with Crippen molar-refractivity contribution in [1.29, 1.82) is 0 Å². The Morgan fingerprint density at radius 2 is 0.821 bits per heavy atom. The quantitative estimate of drug-likeness (QED) is 0.200. The molecule has 2 nitrogen and oxygen atoms in total. The molecule has 39 heavy (non-hydrogen) atoms. The molecule has 7 aromatic rings. The topological polar surface area (TPSA) is 6.48 Å². The van der Waals surface area contributed by atoms with Crippen molar-refractivity contribution < 1.29 is 0 Å². The van der Waals surface area contributed by atoms with Crippen LogP contribution in [0, 0.1) is 0 Å². The molecule has 5 aromatic carbocycles. The third-order valence-corrected chi connectivity index (χ3v) is 9.16. The lowest BCUT2D eigenvalue weighted by atomic mass is 10.1. The molecule has 0 aliphatic carbocycles. The Balaban J connectivity index is 1.47. The summed E-state index contributed by atoms with van der Waals surface area (Å²) < 4.78 is 2.49. The van der Waals surface area contributed by atoms with Gasteiger partial charge in [-0.15, -0.1) is 22.7 Å². The monoisotopic (exact) mass is 558 g/mol. The first-order valence-corrected chi connectivity index (χ1v) is 14.8. The van der Waals surface area contributed by atoms with Crippen LogP contribution in [0.2, 0.25) is 5.02 Å². The second-order valence-electron chi connectivity index (χ2n) is 9.19. The average molecular weight is 559 g/mol. The second-order valence-corrected chi connectivity index (χ2v) is 11.4. The predicted octanol–water partition coefficient (Wildman–Crippen LogP) is 11.7. The molecule has 5 heteroatoms. The van der Waals surface area contributed by atoms with Crippen LogP contribution in [0.5, 0.6) is 0 Å². The van der Waals surface area contributed by atoms with E-state index in [1.165, 1.54) is 20.2 Å². The van der Waals surface area contributed by atoms with Crippen molar-refractivity contribution in [3.8, 4) is 0 Å². The highest BCUT2D eigenvalue weighted by molar-refractivity contribution is 7.18. The van der Waals surface area contributed by atoms with Crippen LogP contribution >= 0.6 is 34.3 Å². The average Bonchev–Trinajstić information content (AvgIpc) is 3.61. The first kappa shape index (κ1) is 24.0. The van der Waals surface area contributed by atoms with E-state index in [-0.39, 0.29) is 0 Å². The van der Waals surface area contributed by atoms with Crippen molar-refractivity contribution in [2.45, 2.75) is 0 Å². The minimum absolute atomic E-state index is 0.691. The molecule has 0 spiro atoms. The molecular formula is C34H23ClN2S2. The molecule has 0 saturated heterocycles. The number of hydrogen-bond acceptors (Lipinski definition) is 4. The third-order valence-electron chi connectivity index (χ3n) is 6.87. The SMILES string of the molecule is Clc1c(N(c2ccccc2)c2csc3ccccc23)cccc1N(c1ccccc1)c1csc2ccccc12. The Kier molecular flexibility index (Phi) is 6.29. The van der Waals surface area contributed by atoms with Gasteiger partial charge in [-0.2, -0.15) is 0 Å². The van der Waals surface area contributed by atoms with E-state index in [1.807, 2.05) is 12.1 Å². The normalized spacial score (nSPS) is 11.2. The Bertz CT molecular complexity index is 1760. The van der Waals surface area contributed by atoms with Gasteiger partial charge >= 0.3 is 0 Å². The number of halogens is 1. The van der Waals surface area contributed by atoms with E-state index in [0.717, 1.165) is 34.1 Å². The highest BCUT2D eigenvalue weighted by Crippen LogP contribution is 2.50. The van der Waals surface area contributed by atoms with E-state index in [0.29, 0.717) is 5.02 Å². The molecule has 0 fully saturated rings. The lowest BCUT2D eigenvalue weighted by molar-refractivity contribution is 1.27. The second kappa shape index (κ2) is 10.2. The smallest absolute Gasteiger partial charge is 0.0887 e. The minimum atomic E-state index is 0.691. The predicted molar refractivity (Wildman–Crippen MR) is 172 cm³/mol. The van der Waals surface area contributed by atoms with E-state index >= 15 is 0 Å². The maximum absolute atomic E-state index is 7.46. The van der Waals surface area contributed by atoms with Crippen LogP contribution in [0.3, 0.4) is 0 Å². The van der Waals surface area contributed by atoms with Crippen LogP contribution in [0.1, 0.15) is 0 Å². The first-order chi connectivity index (χ1) is 19.3. The van der Waals surface area contributed by atoms with Gasteiger partial charge in [0.15, 0.2) is 0 Å². The minimum Gasteiger partial charge on any atom is -0.307 e. The molecule has 7 rings (SSSR count). The molecule has 0 atom stereocenters. The van der Waals surface area contributed by atoms with Crippen molar-refractivity contribution in [3.63, 3.8) is 0 Å². The summed E-state index contributed by atoms with van der Waals surface area (Å²) >= 11 is 11.0. The van der Waals surface area contributed by atoms with E-state index in [1.54, 1.807) is 22.7 Å². The largest absolute Gasteiger partial charge is 0.307 e. The van der Waals surface area contributed by atoms with E-state index in [2.05, 4.69) is 136 Å². The van der Waals surface area contributed by atoms with Crippen molar-refractivity contribution in [3.05, 3.63) is 143 Å². The van der Waals surface area contributed by atoms with Gasteiger partial charge in [0.1, 0.15) is 0 Å². The maximum Gasteiger partial charge on any atom is 0.0887 e. The summed E-state index contributed by atoms with van der Waals surface area (Å²) in [6.07, 6.45) is 0. The molecular weight excluding hydrogens is 536 g/mol. The summed E-state index contributed by atoms with van der Waals surface area (Å²) in [5.74, 6) is 0. The number of thiophene rings is 2. The van der Waals surface area contributed by atoms with Crippen LogP contribution in [0.4, 0.5) is 34.1 Å². The zero-order valence-electron chi connectivity index (χ0n) is 20.9. The molecule has 0 aliphatic rings. The van der Waals surface area contributed by atoms with Crippen molar-refractivity contribution in [1.82, 2.24) is 0 Å². The highest BCUT2D eigenvalue weighted by Gasteiger charge is 2.24. The fraction of sp³-hybridized carbons (Fsp3) is 0. The Labute approximate surface area is 240 Å². The first-order valence-electron chi connectivity index (χ1n) is 12.7. The molecule has 0 bridgehead atoms. The third kappa shape index (κ3) is 4.27. The van der Waals surface area contributed by atoms with Gasteiger partial charge in [-0.25, -0.2) is 0 Å². The summed E-state index contributed by atoms with van der Waals surface area (Å²) in [7, 11) is 0. The summed E-state index contributed by atoms with van der Waals surface area (Å²) in [6.45, 7) is 0. The zero-order chi connectivity index (χ0) is 26.2. The van der Waals surface area contributed by atoms with E-state index in [9.17, 15) is 0 Å². The summed E-state index contributed by atoms with van der Waals surface area (Å²) in [4.78, 5) is 4.55. The summed E-state index contributed by atoms with van der Waals surface area (Å²) in [6, 6.07) is 44.3. The number of benzene rings is 5. The van der Waals surface area contributed by atoms with Crippen LogP contribution in [-0.2, 0) is 0 Å². The molecule has 0 amide bonds. The van der Waals surface area contributed by atoms with Crippen LogP contribution in [0.25, 0.3) is 20.2 Å². The lowest BCUT2D eigenvalue weighted by Gasteiger charge is -2.30. The van der Waals surface area contributed by atoms with Gasteiger partial charge in [0, 0.05) is 42.3 Å². The number of hydrogen-bond donors (Lipinski definition) is 0. The van der Waals surface area contributed by atoms with E-state index < -0.39 is 0 Å². The van der Waals surface area contributed by atoms with Gasteiger partial charge in [0.05, 0.1) is 27.8 Å². The number of fused-ring (bicyclic) bond motifs is 2. The summed E-state index contributed by atoms with van der Waals surface area (Å²) in [5.41, 5.74) is 6.23. The molecule has 0 unspecified atom stereocenters. The number of nitrogens with zero attached hydrogens (tertiary/aromatic N) is 2. The number of anilines is 6.